The third kappa shape index (κ3) is 3.65. The summed E-state index contributed by atoms with van der Waals surface area (Å²) >= 11 is 0. The molecule has 1 aromatic carbocycles. The number of hydrogen-bond acceptors (Lipinski definition) is 3. The SMILES string of the molecule is CC(C)(C)OC(=O)Nc1cc(F)c2c(c1)C1(C=N2)CCC(F)(F)CC1. The van der Waals surface area contributed by atoms with Crippen LogP contribution in [0.4, 0.5) is 29.3 Å². The van der Waals surface area contributed by atoms with E-state index in [-0.39, 0.29) is 37.1 Å². The van der Waals surface area contributed by atoms with Crippen LogP contribution >= 0.6 is 0 Å². The van der Waals surface area contributed by atoms with Gasteiger partial charge in [-0.1, -0.05) is 0 Å². The highest BCUT2D eigenvalue weighted by atomic mass is 19.3. The molecule has 4 nitrogen and oxygen atoms in total. The predicted molar refractivity (Wildman–Crippen MR) is 89.5 cm³/mol. The Kier molecular flexibility index (Phi) is 4.08. The summed E-state index contributed by atoms with van der Waals surface area (Å²) in [4.78, 5) is 16.0. The highest BCUT2D eigenvalue weighted by molar-refractivity contribution is 5.90. The first-order chi connectivity index (χ1) is 11.5. The molecule has 25 heavy (non-hydrogen) atoms. The van der Waals surface area contributed by atoms with Gasteiger partial charge in [0.15, 0.2) is 5.82 Å². The number of nitrogens with one attached hydrogen (secondary N) is 1. The van der Waals surface area contributed by atoms with Gasteiger partial charge >= 0.3 is 6.09 Å². The van der Waals surface area contributed by atoms with Crippen LogP contribution in [0.1, 0.15) is 52.0 Å². The van der Waals surface area contributed by atoms with Gasteiger partial charge in [-0.15, -0.1) is 0 Å². The van der Waals surface area contributed by atoms with Crippen LogP contribution in [0.15, 0.2) is 17.1 Å². The number of rotatable bonds is 1. The maximum Gasteiger partial charge on any atom is 0.412 e. The van der Waals surface area contributed by atoms with Crippen molar-refractivity contribution in [2.24, 2.45) is 4.99 Å². The molecular weight excluding hydrogens is 333 g/mol. The first-order valence-corrected chi connectivity index (χ1v) is 8.27. The Hall–Kier alpha value is -2.05. The minimum Gasteiger partial charge on any atom is -0.444 e. The fraction of sp³-hybridized carbons (Fsp3) is 0.556. The number of carbonyl (C=O) groups is 1. The summed E-state index contributed by atoms with van der Waals surface area (Å²) in [6.07, 6.45) is 0.758. The van der Waals surface area contributed by atoms with E-state index in [1.807, 2.05) is 0 Å². The fourth-order valence-corrected chi connectivity index (χ4v) is 3.32. The second kappa shape index (κ2) is 5.75. The van der Waals surface area contributed by atoms with Crippen LogP contribution < -0.4 is 5.32 Å². The lowest BCUT2D eigenvalue weighted by molar-refractivity contribution is -0.0432. The van der Waals surface area contributed by atoms with Gasteiger partial charge in [0.25, 0.3) is 0 Å². The van der Waals surface area contributed by atoms with Crippen LogP contribution in [-0.2, 0) is 10.2 Å². The number of ether oxygens (including phenoxy) is 1. The number of benzene rings is 1. The van der Waals surface area contributed by atoms with Gasteiger partial charge in [-0.25, -0.2) is 18.0 Å². The minimum absolute atomic E-state index is 0.167. The molecule has 1 aliphatic heterocycles. The number of alkyl halides is 2. The summed E-state index contributed by atoms with van der Waals surface area (Å²) in [6.45, 7) is 5.17. The Morgan fingerprint density at radius 3 is 2.44 bits per heavy atom. The van der Waals surface area contributed by atoms with E-state index in [0.717, 1.165) is 6.07 Å². The van der Waals surface area contributed by atoms with Crippen molar-refractivity contribution in [1.82, 2.24) is 0 Å². The Morgan fingerprint density at radius 2 is 1.84 bits per heavy atom. The molecule has 0 radical (unpaired) electrons. The van der Waals surface area contributed by atoms with Crippen molar-refractivity contribution < 1.29 is 22.7 Å². The molecule has 3 rings (SSSR count). The second-order valence-corrected chi connectivity index (χ2v) is 7.75. The number of hydrogen-bond donors (Lipinski definition) is 1. The molecule has 1 N–H and O–H groups in total. The molecule has 1 amide bonds. The van der Waals surface area contributed by atoms with E-state index in [4.69, 9.17) is 4.74 Å². The Labute approximate surface area is 144 Å². The molecule has 1 spiro atoms. The van der Waals surface area contributed by atoms with E-state index < -0.39 is 28.8 Å². The minimum atomic E-state index is -2.69. The number of fused-ring (bicyclic) bond motifs is 2. The van der Waals surface area contributed by atoms with Gasteiger partial charge in [0.2, 0.25) is 5.92 Å². The van der Waals surface area contributed by atoms with Crippen molar-refractivity contribution in [2.75, 3.05) is 5.32 Å². The normalized spacial score (nSPS) is 20.4. The number of aliphatic imine (C=N–C) groups is 1. The van der Waals surface area contributed by atoms with Crippen molar-refractivity contribution in [3.63, 3.8) is 0 Å². The van der Waals surface area contributed by atoms with Crippen LogP contribution in [0.3, 0.4) is 0 Å². The van der Waals surface area contributed by atoms with Gasteiger partial charge in [-0.05, 0) is 51.3 Å². The van der Waals surface area contributed by atoms with Gasteiger partial charge < -0.3 is 4.74 Å². The van der Waals surface area contributed by atoms with E-state index >= 15 is 0 Å². The molecular formula is C18H21F3N2O2. The Balaban J connectivity index is 1.86. The summed E-state index contributed by atoms with van der Waals surface area (Å²) in [5.41, 5.74) is -0.427. The smallest absolute Gasteiger partial charge is 0.412 e. The molecule has 1 aromatic rings. The molecule has 136 valence electrons. The summed E-state index contributed by atoms with van der Waals surface area (Å²) in [5, 5.41) is 2.50. The van der Waals surface area contributed by atoms with Crippen LogP contribution in [0.5, 0.6) is 0 Å². The number of carbonyl (C=O) groups excluding carboxylic acids is 1. The number of halogens is 3. The summed E-state index contributed by atoms with van der Waals surface area (Å²) in [6, 6.07) is 2.77. The fourth-order valence-electron chi connectivity index (χ4n) is 3.32. The quantitative estimate of drug-likeness (QED) is 0.740. The van der Waals surface area contributed by atoms with E-state index in [9.17, 15) is 18.0 Å². The Morgan fingerprint density at radius 1 is 1.20 bits per heavy atom. The topological polar surface area (TPSA) is 50.7 Å². The standard InChI is InChI=1S/C18H21F3N2O2/c1-16(2,3)25-15(24)23-11-8-12-14(13(19)9-11)22-10-17(12)4-6-18(20,21)7-5-17/h8-10H,4-7H2,1-3H3,(H,23,24). The number of nitrogens with zero attached hydrogens (tertiary/aromatic N) is 1. The van der Waals surface area contributed by atoms with Gasteiger partial charge in [0.05, 0.1) is 0 Å². The maximum absolute atomic E-state index is 14.4. The molecule has 1 fully saturated rings. The summed E-state index contributed by atoms with van der Waals surface area (Å²) in [7, 11) is 0. The Bertz CT molecular complexity index is 729. The highest BCUT2D eigenvalue weighted by Crippen LogP contribution is 2.51. The zero-order valence-corrected chi connectivity index (χ0v) is 14.5. The molecule has 0 aromatic heterocycles. The molecule has 0 saturated heterocycles. The zero-order chi connectivity index (χ0) is 18.5. The number of amides is 1. The molecule has 0 bridgehead atoms. The molecule has 1 aliphatic carbocycles. The van der Waals surface area contributed by atoms with Gasteiger partial charge in [-0.2, -0.15) is 0 Å². The summed E-state index contributed by atoms with van der Waals surface area (Å²) in [5.74, 6) is -3.28. The van der Waals surface area contributed by atoms with Gasteiger partial charge in [0.1, 0.15) is 11.3 Å². The van der Waals surface area contributed by atoms with E-state index in [1.54, 1.807) is 33.1 Å². The van der Waals surface area contributed by atoms with Crippen molar-refractivity contribution >= 4 is 23.7 Å². The van der Waals surface area contributed by atoms with Crippen LogP contribution in [-0.4, -0.2) is 23.8 Å². The van der Waals surface area contributed by atoms with Crippen molar-refractivity contribution in [2.45, 2.75) is 63.4 Å². The average molecular weight is 354 g/mol. The molecule has 0 unspecified atom stereocenters. The molecule has 1 saturated carbocycles. The molecule has 2 aliphatic rings. The monoisotopic (exact) mass is 354 g/mol. The third-order valence-electron chi connectivity index (χ3n) is 4.56. The first kappa shape index (κ1) is 17.8. The van der Waals surface area contributed by atoms with Crippen molar-refractivity contribution in [1.29, 1.82) is 0 Å². The second-order valence-electron chi connectivity index (χ2n) is 7.75. The van der Waals surface area contributed by atoms with Crippen LogP contribution in [0.25, 0.3) is 0 Å². The highest BCUT2D eigenvalue weighted by Gasteiger charge is 2.46. The largest absolute Gasteiger partial charge is 0.444 e. The maximum atomic E-state index is 14.4. The van der Waals surface area contributed by atoms with E-state index in [0.29, 0.717) is 5.56 Å². The van der Waals surface area contributed by atoms with Crippen LogP contribution in [0, 0.1) is 5.82 Å². The molecule has 7 heteroatoms. The molecule has 1 heterocycles. The van der Waals surface area contributed by atoms with Crippen molar-refractivity contribution in [3.05, 3.63) is 23.5 Å². The number of anilines is 1. The van der Waals surface area contributed by atoms with Crippen molar-refractivity contribution in [3.8, 4) is 0 Å². The van der Waals surface area contributed by atoms with Gasteiger partial charge in [0, 0.05) is 30.2 Å². The molecule has 0 atom stereocenters. The first-order valence-electron chi connectivity index (χ1n) is 8.27. The lowest BCUT2D eigenvalue weighted by Crippen LogP contribution is -2.36. The lowest BCUT2D eigenvalue weighted by Gasteiger charge is -2.36. The van der Waals surface area contributed by atoms with E-state index in [1.165, 1.54) is 0 Å². The van der Waals surface area contributed by atoms with Gasteiger partial charge in [-0.3, -0.25) is 10.3 Å². The van der Waals surface area contributed by atoms with Crippen LogP contribution in [0.2, 0.25) is 0 Å². The third-order valence-corrected chi connectivity index (χ3v) is 4.56. The lowest BCUT2D eigenvalue weighted by atomic mass is 9.70. The average Bonchev–Trinajstić information content (AvgIpc) is 2.80. The van der Waals surface area contributed by atoms with E-state index in [2.05, 4.69) is 10.3 Å². The predicted octanol–water partition coefficient (Wildman–Crippen LogP) is 5.34. The summed E-state index contributed by atoms with van der Waals surface area (Å²) < 4.78 is 46.6. The zero-order valence-electron chi connectivity index (χ0n) is 14.5.